The molecule has 17 heavy (non-hydrogen) atoms. The summed E-state index contributed by atoms with van der Waals surface area (Å²) < 4.78 is 29.0. The van der Waals surface area contributed by atoms with Crippen molar-refractivity contribution in [1.82, 2.24) is 0 Å². The summed E-state index contributed by atoms with van der Waals surface area (Å²) in [5.74, 6) is 0.0844. The number of alkyl halides is 2. The number of carbonyl (C=O) groups excluding carboxylic acids is 1. The van der Waals surface area contributed by atoms with Gasteiger partial charge in [0.2, 0.25) is 6.08 Å². The first-order valence-corrected chi connectivity index (χ1v) is 5.31. The number of halogens is 2. The Morgan fingerprint density at radius 2 is 2.06 bits per heavy atom. The lowest BCUT2D eigenvalue weighted by Gasteiger charge is -2.37. The Morgan fingerprint density at radius 1 is 1.35 bits per heavy atom. The lowest BCUT2D eigenvalue weighted by molar-refractivity contribution is -0.0515. The van der Waals surface area contributed by atoms with Crippen LogP contribution in [-0.2, 0) is 10.3 Å². The van der Waals surface area contributed by atoms with Crippen molar-refractivity contribution in [3.05, 3.63) is 29.8 Å². The molecule has 1 aliphatic rings. The third kappa shape index (κ3) is 2.19. The van der Waals surface area contributed by atoms with E-state index in [4.69, 9.17) is 0 Å². The van der Waals surface area contributed by atoms with E-state index in [2.05, 4.69) is 9.73 Å². The van der Waals surface area contributed by atoms with Gasteiger partial charge in [0.15, 0.2) is 0 Å². The van der Waals surface area contributed by atoms with E-state index in [1.807, 2.05) is 0 Å². The Bertz CT molecular complexity index is 452. The van der Waals surface area contributed by atoms with Crippen LogP contribution in [-0.4, -0.2) is 12.7 Å². The van der Waals surface area contributed by atoms with Gasteiger partial charge in [-0.3, -0.25) is 0 Å². The van der Waals surface area contributed by atoms with E-state index in [1.54, 1.807) is 18.2 Å². The fourth-order valence-corrected chi connectivity index (χ4v) is 2.09. The standard InChI is InChI=1S/C12H11F2NO2/c13-11(14)17-10-5-2-1-4-9(10)12(15-8-16)6-3-7-12/h1-2,4-5,11H,3,6-7H2. The monoisotopic (exact) mass is 239 g/mol. The summed E-state index contributed by atoms with van der Waals surface area (Å²) in [7, 11) is 0. The van der Waals surface area contributed by atoms with Crippen LogP contribution in [0.3, 0.4) is 0 Å². The normalized spacial score (nSPS) is 17.1. The van der Waals surface area contributed by atoms with Gasteiger partial charge in [-0.1, -0.05) is 18.2 Å². The van der Waals surface area contributed by atoms with Crippen molar-refractivity contribution in [2.75, 3.05) is 0 Å². The van der Waals surface area contributed by atoms with Gasteiger partial charge in [0.05, 0.1) is 0 Å². The number of hydrogen-bond acceptors (Lipinski definition) is 3. The van der Waals surface area contributed by atoms with Crippen LogP contribution >= 0.6 is 0 Å². The van der Waals surface area contributed by atoms with Crippen molar-refractivity contribution in [2.45, 2.75) is 31.4 Å². The molecule has 0 N–H and O–H groups in total. The molecule has 0 unspecified atom stereocenters. The topological polar surface area (TPSA) is 38.7 Å². The molecule has 3 nitrogen and oxygen atoms in total. The fourth-order valence-electron chi connectivity index (χ4n) is 2.09. The third-order valence-electron chi connectivity index (χ3n) is 3.04. The predicted molar refractivity (Wildman–Crippen MR) is 56.7 cm³/mol. The largest absolute Gasteiger partial charge is 0.434 e. The SMILES string of the molecule is O=C=NC1(c2ccccc2OC(F)F)CCC1. The Balaban J connectivity index is 2.39. The Hall–Kier alpha value is -1.74. The minimum Gasteiger partial charge on any atom is -0.434 e. The smallest absolute Gasteiger partial charge is 0.387 e. The molecule has 90 valence electrons. The second kappa shape index (κ2) is 4.63. The van der Waals surface area contributed by atoms with Crippen LogP contribution in [0.15, 0.2) is 29.3 Å². The number of nitrogens with zero attached hydrogens (tertiary/aromatic N) is 1. The second-order valence-electron chi connectivity index (χ2n) is 3.96. The lowest BCUT2D eigenvalue weighted by Crippen LogP contribution is -2.32. The quantitative estimate of drug-likeness (QED) is 0.598. The summed E-state index contributed by atoms with van der Waals surface area (Å²) in [5.41, 5.74) is -0.178. The molecule has 0 atom stereocenters. The second-order valence-corrected chi connectivity index (χ2v) is 3.96. The summed E-state index contributed by atoms with van der Waals surface area (Å²) in [6.45, 7) is -2.88. The average molecular weight is 239 g/mol. The highest BCUT2D eigenvalue weighted by molar-refractivity contribution is 5.45. The van der Waals surface area contributed by atoms with Gasteiger partial charge >= 0.3 is 6.61 Å². The summed E-state index contributed by atoms with van der Waals surface area (Å²) in [5, 5.41) is 0. The van der Waals surface area contributed by atoms with Gasteiger partial charge in [0.25, 0.3) is 0 Å². The minimum absolute atomic E-state index is 0.0844. The zero-order valence-corrected chi connectivity index (χ0v) is 9.03. The highest BCUT2D eigenvalue weighted by Crippen LogP contribution is 2.48. The number of isocyanates is 1. The van der Waals surface area contributed by atoms with Crippen LogP contribution in [0, 0.1) is 0 Å². The van der Waals surface area contributed by atoms with Gasteiger partial charge in [-0.2, -0.15) is 13.8 Å². The number of para-hydroxylation sites is 1. The van der Waals surface area contributed by atoms with Gasteiger partial charge in [-0.15, -0.1) is 0 Å². The van der Waals surface area contributed by atoms with Crippen LogP contribution in [0.5, 0.6) is 5.75 Å². The lowest BCUT2D eigenvalue weighted by atomic mass is 9.72. The molecule has 5 heteroatoms. The molecule has 0 aromatic heterocycles. The zero-order valence-electron chi connectivity index (χ0n) is 9.03. The number of ether oxygens (including phenoxy) is 1. The van der Waals surface area contributed by atoms with Crippen LogP contribution in [0.4, 0.5) is 8.78 Å². The Morgan fingerprint density at radius 3 is 2.59 bits per heavy atom. The predicted octanol–water partition coefficient (Wildman–Crippen LogP) is 3.00. The summed E-state index contributed by atoms with van der Waals surface area (Å²) in [6.07, 6.45) is 3.75. The molecule has 0 radical (unpaired) electrons. The van der Waals surface area contributed by atoms with Crippen LogP contribution in [0.2, 0.25) is 0 Å². The molecule has 1 fully saturated rings. The molecule has 2 rings (SSSR count). The number of aliphatic imine (C=N–C) groups is 1. The van der Waals surface area contributed by atoms with Crippen LogP contribution in [0.1, 0.15) is 24.8 Å². The van der Waals surface area contributed by atoms with Crippen molar-refractivity contribution in [2.24, 2.45) is 4.99 Å². The molecule has 0 amide bonds. The minimum atomic E-state index is -2.88. The van der Waals surface area contributed by atoms with E-state index < -0.39 is 12.2 Å². The van der Waals surface area contributed by atoms with Gasteiger partial charge in [0, 0.05) is 5.56 Å². The molecule has 1 saturated carbocycles. The van der Waals surface area contributed by atoms with Crippen molar-refractivity contribution >= 4 is 6.08 Å². The highest BCUT2D eigenvalue weighted by atomic mass is 19.3. The van der Waals surface area contributed by atoms with Crippen molar-refractivity contribution in [3.8, 4) is 5.75 Å². The molecule has 1 aromatic rings. The van der Waals surface area contributed by atoms with Gasteiger partial charge in [0.1, 0.15) is 11.3 Å². The van der Waals surface area contributed by atoms with Crippen LogP contribution in [0.25, 0.3) is 0 Å². The molecular formula is C12H11F2NO2. The van der Waals surface area contributed by atoms with Gasteiger partial charge < -0.3 is 4.74 Å². The first-order valence-electron chi connectivity index (χ1n) is 5.31. The Kier molecular flexibility index (Phi) is 3.20. The summed E-state index contributed by atoms with van der Waals surface area (Å²) >= 11 is 0. The van der Waals surface area contributed by atoms with Crippen molar-refractivity contribution in [1.29, 1.82) is 0 Å². The van der Waals surface area contributed by atoms with Crippen molar-refractivity contribution in [3.63, 3.8) is 0 Å². The van der Waals surface area contributed by atoms with E-state index in [-0.39, 0.29) is 5.75 Å². The maximum atomic E-state index is 12.3. The van der Waals surface area contributed by atoms with E-state index in [0.717, 1.165) is 6.42 Å². The third-order valence-corrected chi connectivity index (χ3v) is 3.04. The molecule has 1 aliphatic carbocycles. The molecule has 0 saturated heterocycles. The van der Waals surface area contributed by atoms with Gasteiger partial charge in [-0.25, -0.2) is 4.79 Å². The highest BCUT2D eigenvalue weighted by Gasteiger charge is 2.41. The number of benzene rings is 1. The van der Waals surface area contributed by atoms with Gasteiger partial charge in [-0.05, 0) is 25.3 Å². The fraction of sp³-hybridized carbons (Fsp3) is 0.417. The molecule has 0 heterocycles. The summed E-state index contributed by atoms with van der Waals surface area (Å²) in [4.78, 5) is 14.2. The zero-order chi connectivity index (χ0) is 12.3. The Labute approximate surface area is 97.1 Å². The summed E-state index contributed by atoms with van der Waals surface area (Å²) in [6, 6.07) is 6.45. The first kappa shape index (κ1) is 11.7. The first-order chi connectivity index (χ1) is 8.18. The molecule has 0 aliphatic heterocycles. The number of rotatable bonds is 4. The van der Waals surface area contributed by atoms with E-state index in [9.17, 15) is 13.6 Å². The van der Waals surface area contributed by atoms with E-state index in [1.165, 1.54) is 12.1 Å². The molecule has 0 bridgehead atoms. The number of hydrogen-bond donors (Lipinski definition) is 0. The van der Waals surface area contributed by atoms with Crippen LogP contribution < -0.4 is 4.74 Å². The van der Waals surface area contributed by atoms with E-state index >= 15 is 0 Å². The molecular weight excluding hydrogens is 228 g/mol. The maximum absolute atomic E-state index is 12.3. The van der Waals surface area contributed by atoms with Crippen molar-refractivity contribution < 1.29 is 18.3 Å². The van der Waals surface area contributed by atoms with E-state index in [0.29, 0.717) is 18.4 Å². The molecule has 1 aromatic carbocycles. The molecule has 0 spiro atoms. The average Bonchev–Trinajstić information content (AvgIpc) is 2.24. The maximum Gasteiger partial charge on any atom is 0.387 e.